The van der Waals surface area contributed by atoms with Crippen LogP contribution in [-0.4, -0.2) is 35.2 Å². The van der Waals surface area contributed by atoms with Gasteiger partial charge in [-0.1, -0.05) is 18.2 Å². The van der Waals surface area contributed by atoms with Crippen molar-refractivity contribution in [2.45, 2.75) is 56.3 Å². The Morgan fingerprint density at radius 1 is 1.26 bits per heavy atom. The second kappa shape index (κ2) is 3.72. The molecule has 3 aliphatic rings. The highest BCUT2D eigenvalue weighted by molar-refractivity contribution is 5.60. The van der Waals surface area contributed by atoms with Gasteiger partial charge in [0.15, 0.2) is 5.79 Å². The Morgan fingerprint density at radius 2 is 2.05 bits per heavy atom. The minimum atomic E-state index is -0.589. The molecule has 4 heteroatoms. The van der Waals surface area contributed by atoms with E-state index in [-0.39, 0.29) is 18.2 Å². The predicted octanol–water partition coefficient (Wildman–Crippen LogP) is 1.85. The van der Waals surface area contributed by atoms with Gasteiger partial charge in [-0.15, -0.1) is 0 Å². The quantitative estimate of drug-likeness (QED) is 0.748. The van der Waals surface area contributed by atoms with Crippen LogP contribution in [0.2, 0.25) is 0 Å². The van der Waals surface area contributed by atoms with Gasteiger partial charge in [-0.05, 0) is 31.9 Å². The lowest BCUT2D eigenvalue weighted by Crippen LogP contribution is -2.52. The summed E-state index contributed by atoms with van der Waals surface area (Å²) in [6, 6.07) is 8.32. The maximum Gasteiger partial charge on any atom is 0.163 e. The third-order valence-electron chi connectivity index (χ3n) is 4.53. The molecule has 1 saturated carbocycles. The number of hydrogen-bond acceptors (Lipinski definition) is 4. The summed E-state index contributed by atoms with van der Waals surface area (Å²) >= 11 is 0. The van der Waals surface area contributed by atoms with Crippen molar-refractivity contribution < 1.29 is 14.6 Å². The van der Waals surface area contributed by atoms with Crippen LogP contribution in [0.1, 0.15) is 31.7 Å². The SMILES string of the molecule is CC1(C)O[C@H]2[C@H](O)[C@H]3Nc4ccccc4[C@H]3C[C@H]2O1. The van der Waals surface area contributed by atoms with Gasteiger partial charge in [0.05, 0.1) is 12.1 Å². The molecule has 0 amide bonds. The molecule has 1 saturated heterocycles. The molecule has 0 bridgehead atoms. The van der Waals surface area contributed by atoms with Gasteiger partial charge in [0.1, 0.15) is 12.2 Å². The molecule has 1 aliphatic carbocycles. The summed E-state index contributed by atoms with van der Waals surface area (Å²) in [7, 11) is 0. The molecule has 0 unspecified atom stereocenters. The van der Waals surface area contributed by atoms with Crippen molar-refractivity contribution in [3.63, 3.8) is 0 Å². The molecule has 2 heterocycles. The molecule has 0 radical (unpaired) electrons. The molecule has 2 aliphatic heterocycles. The molecule has 0 aromatic heterocycles. The number of fused-ring (bicyclic) bond motifs is 4. The fourth-order valence-electron chi connectivity index (χ4n) is 3.81. The second-order valence-electron chi connectivity index (χ2n) is 6.23. The van der Waals surface area contributed by atoms with Crippen LogP contribution in [0.25, 0.3) is 0 Å². The van der Waals surface area contributed by atoms with Gasteiger partial charge in [-0.25, -0.2) is 0 Å². The van der Waals surface area contributed by atoms with Crippen LogP contribution >= 0.6 is 0 Å². The van der Waals surface area contributed by atoms with Crippen molar-refractivity contribution in [2.75, 3.05) is 5.32 Å². The van der Waals surface area contributed by atoms with Crippen LogP contribution in [0.5, 0.6) is 0 Å². The van der Waals surface area contributed by atoms with E-state index in [9.17, 15) is 5.11 Å². The summed E-state index contributed by atoms with van der Waals surface area (Å²) in [5, 5.41) is 14.0. The maximum absolute atomic E-state index is 10.6. The van der Waals surface area contributed by atoms with Gasteiger partial charge in [0, 0.05) is 11.6 Å². The van der Waals surface area contributed by atoms with Crippen molar-refractivity contribution in [3.8, 4) is 0 Å². The standard InChI is InChI=1S/C15H19NO3/c1-15(2)18-11-7-9-8-5-3-4-6-10(8)16-12(9)13(17)14(11)19-15/h3-6,9,11-14,16-17H,7H2,1-2H3/t9-,11-,12+,13-,14-/m1/s1. The molecule has 4 rings (SSSR count). The number of aliphatic hydroxyl groups is 1. The largest absolute Gasteiger partial charge is 0.388 e. The minimum absolute atomic E-state index is 0.0146. The first kappa shape index (κ1) is 11.7. The van der Waals surface area contributed by atoms with E-state index >= 15 is 0 Å². The summed E-state index contributed by atoms with van der Waals surface area (Å²) < 4.78 is 11.8. The Hall–Kier alpha value is -1.10. The smallest absolute Gasteiger partial charge is 0.163 e. The van der Waals surface area contributed by atoms with E-state index in [4.69, 9.17) is 9.47 Å². The van der Waals surface area contributed by atoms with E-state index in [2.05, 4.69) is 23.5 Å². The number of nitrogens with one attached hydrogen (secondary N) is 1. The Bertz CT molecular complexity index is 516. The van der Waals surface area contributed by atoms with Crippen molar-refractivity contribution in [3.05, 3.63) is 29.8 Å². The fraction of sp³-hybridized carbons (Fsp3) is 0.600. The molecule has 5 atom stereocenters. The van der Waals surface area contributed by atoms with Crippen LogP contribution in [0, 0.1) is 0 Å². The van der Waals surface area contributed by atoms with Gasteiger partial charge in [0.2, 0.25) is 0 Å². The highest BCUT2D eigenvalue weighted by Gasteiger charge is 2.55. The summed E-state index contributed by atoms with van der Waals surface area (Å²) in [6.45, 7) is 3.82. The molecular formula is C15H19NO3. The molecule has 4 nitrogen and oxygen atoms in total. The zero-order valence-corrected chi connectivity index (χ0v) is 11.2. The first-order valence-electron chi connectivity index (χ1n) is 6.94. The lowest BCUT2D eigenvalue weighted by molar-refractivity contribution is -0.153. The zero-order valence-electron chi connectivity index (χ0n) is 11.2. The van der Waals surface area contributed by atoms with Crippen LogP contribution in [0.15, 0.2) is 24.3 Å². The van der Waals surface area contributed by atoms with E-state index in [0.717, 1.165) is 12.1 Å². The molecular weight excluding hydrogens is 242 g/mol. The van der Waals surface area contributed by atoms with Gasteiger partial charge in [-0.3, -0.25) is 0 Å². The Morgan fingerprint density at radius 3 is 2.89 bits per heavy atom. The summed E-state index contributed by atoms with van der Waals surface area (Å²) in [4.78, 5) is 0. The lowest BCUT2D eigenvalue weighted by Gasteiger charge is -2.37. The first-order chi connectivity index (χ1) is 9.05. The monoisotopic (exact) mass is 261 g/mol. The highest BCUT2D eigenvalue weighted by Crippen LogP contribution is 2.48. The molecule has 1 aromatic carbocycles. The minimum Gasteiger partial charge on any atom is -0.388 e. The van der Waals surface area contributed by atoms with Crippen molar-refractivity contribution in [1.82, 2.24) is 0 Å². The Kier molecular flexibility index (Phi) is 2.29. The van der Waals surface area contributed by atoms with E-state index in [0.29, 0.717) is 5.92 Å². The van der Waals surface area contributed by atoms with Gasteiger partial charge >= 0.3 is 0 Å². The van der Waals surface area contributed by atoms with Crippen molar-refractivity contribution in [2.24, 2.45) is 0 Å². The van der Waals surface area contributed by atoms with E-state index in [1.807, 2.05) is 19.9 Å². The average molecular weight is 261 g/mol. The van der Waals surface area contributed by atoms with Crippen LogP contribution < -0.4 is 5.32 Å². The zero-order chi connectivity index (χ0) is 13.2. The third-order valence-corrected chi connectivity index (χ3v) is 4.53. The van der Waals surface area contributed by atoms with Crippen LogP contribution in [0.3, 0.4) is 0 Å². The Labute approximate surface area is 112 Å². The summed E-state index contributed by atoms with van der Waals surface area (Å²) in [5.41, 5.74) is 2.43. The molecule has 102 valence electrons. The lowest BCUT2D eigenvalue weighted by atomic mass is 9.78. The van der Waals surface area contributed by atoms with Crippen LogP contribution in [-0.2, 0) is 9.47 Å². The van der Waals surface area contributed by atoms with E-state index in [1.165, 1.54) is 5.56 Å². The van der Waals surface area contributed by atoms with Gasteiger partial charge in [-0.2, -0.15) is 0 Å². The Balaban J connectivity index is 1.69. The number of ether oxygens (including phenoxy) is 2. The summed E-state index contributed by atoms with van der Waals surface area (Å²) in [6.07, 6.45) is 0.134. The highest BCUT2D eigenvalue weighted by atomic mass is 16.8. The maximum atomic E-state index is 10.6. The summed E-state index contributed by atoms with van der Waals surface area (Å²) in [5.74, 6) is -0.279. The number of rotatable bonds is 0. The van der Waals surface area contributed by atoms with Crippen molar-refractivity contribution >= 4 is 5.69 Å². The number of hydrogen-bond donors (Lipinski definition) is 2. The first-order valence-corrected chi connectivity index (χ1v) is 6.94. The van der Waals surface area contributed by atoms with Crippen LogP contribution in [0.4, 0.5) is 5.69 Å². The fourth-order valence-corrected chi connectivity index (χ4v) is 3.81. The topological polar surface area (TPSA) is 50.7 Å². The number of aliphatic hydroxyl groups excluding tert-OH is 1. The average Bonchev–Trinajstić information content (AvgIpc) is 2.87. The molecule has 2 fully saturated rings. The normalized spacial score (nSPS) is 42.2. The van der Waals surface area contributed by atoms with Crippen molar-refractivity contribution in [1.29, 1.82) is 0 Å². The molecule has 0 spiro atoms. The third kappa shape index (κ3) is 1.64. The van der Waals surface area contributed by atoms with Gasteiger partial charge < -0.3 is 19.9 Å². The molecule has 19 heavy (non-hydrogen) atoms. The number of para-hydroxylation sites is 1. The van der Waals surface area contributed by atoms with E-state index < -0.39 is 11.9 Å². The predicted molar refractivity (Wildman–Crippen MR) is 71.0 cm³/mol. The number of benzene rings is 1. The van der Waals surface area contributed by atoms with Gasteiger partial charge in [0.25, 0.3) is 0 Å². The van der Waals surface area contributed by atoms with E-state index in [1.54, 1.807) is 0 Å². The molecule has 1 aromatic rings. The second-order valence-corrected chi connectivity index (χ2v) is 6.23. The molecule has 2 N–H and O–H groups in total. The number of anilines is 1.